The van der Waals surface area contributed by atoms with Crippen LogP contribution in [0.4, 0.5) is 10.5 Å². The minimum absolute atomic E-state index is 0.164. The van der Waals surface area contributed by atoms with Gasteiger partial charge in [0.25, 0.3) is 11.8 Å². The average molecular weight is 459 g/mol. The van der Waals surface area contributed by atoms with E-state index in [2.05, 4.69) is 21.2 Å². The lowest BCUT2D eigenvalue weighted by molar-refractivity contribution is -0.122. The number of halogens is 1. The van der Waals surface area contributed by atoms with Crippen LogP contribution in [0, 0.1) is 6.92 Å². The molecule has 1 fully saturated rings. The number of hydrogen-bond acceptors (Lipinski definition) is 5. The van der Waals surface area contributed by atoms with Gasteiger partial charge in [-0.05, 0) is 65.7 Å². The number of imide groups is 2. The van der Waals surface area contributed by atoms with E-state index in [9.17, 15) is 14.4 Å². The smallest absolute Gasteiger partial charge is 0.335 e. The number of barbiturate groups is 1. The molecular formula is C21H19BrN2O5. The zero-order chi connectivity index (χ0) is 21.1. The Morgan fingerprint density at radius 2 is 1.83 bits per heavy atom. The molecule has 0 spiro atoms. The number of ether oxygens (including phenoxy) is 2. The highest BCUT2D eigenvalue weighted by atomic mass is 79.9. The van der Waals surface area contributed by atoms with E-state index < -0.39 is 17.8 Å². The number of urea groups is 1. The molecule has 1 aliphatic rings. The monoisotopic (exact) mass is 458 g/mol. The first-order valence-electron chi connectivity index (χ1n) is 8.84. The van der Waals surface area contributed by atoms with Crippen LogP contribution >= 0.6 is 15.9 Å². The number of benzene rings is 2. The van der Waals surface area contributed by atoms with Crippen LogP contribution in [-0.4, -0.2) is 31.6 Å². The maximum atomic E-state index is 13.0. The number of nitrogens with one attached hydrogen (secondary N) is 1. The van der Waals surface area contributed by atoms with Gasteiger partial charge in [-0.25, -0.2) is 9.69 Å². The first kappa shape index (κ1) is 20.6. The molecule has 7 nitrogen and oxygen atoms in total. The number of anilines is 1. The molecule has 29 heavy (non-hydrogen) atoms. The number of amides is 4. The fourth-order valence-corrected chi connectivity index (χ4v) is 3.43. The van der Waals surface area contributed by atoms with Crippen molar-refractivity contribution in [1.82, 2.24) is 5.32 Å². The van der Waals surface area contributed by atoms with Crippen LogP contribution < -0.4 is 19.7 Å². The summed E-state index contributed by atoms with van der Waals surface area (Å²) >= 11 is 3.42. The summed E-state index contributed by atoms with van der Waals surface area (Å²) in [5.41, 5.74) is 1.73. The molecule has 0 radical (unpaired) electrons. The van der Waals surface area contributed by atoms with Crippen molar-refractivity contribution in [1.29, 1.82) is 0 Å². The summed E-state index contributed by atoms with van der Waals surface area (Å²) in [7, 11) is 1.50. The van der Waals surface area contributed by atoms with Gasteiger partial charge in [0, 0.05) is 0 Å². The van der Waals surface area contributed by atoms with Crippen LogP contribution in [-0.2, 0) is 9.59 Å². The van der Waals surface area contributed by atoms with Crippen molar-refractivity contribution in [3.05, 3.63) is 57.6 Å². The van der Waals surface area contributed by atoms with Crippen LogP contribution in [0.25, 0.3) is 6.08 Å². The van der Waals surface area contributed by atoms with Gasteiger partial charge in [0.1, 0.15) is 5.57 Å². The van der Waals surface area contributed by atoms with Gasteiger partial charge in [0.05, 0.1) is 23.9 Å². The van der Waals surface area contributed by atoms with Crippen molar-refractivity contribution in [2.75, 3.05) is 18.6 Å². The highest BCUT2D eigenvalue weighted by Gasteiger charge is 2.36. The summed E-state index contributed by atoms with van der Waals surface area (Å²) in [6.45, 7) is 4.20. The maximum absolute atomic E-state index is 13.0. The number of carbonyl (C=O) groups is 3. The Kier molecular flexibility index (Phi) is 6.03. The molecule has 0 atom stereocenters. The van der Waals surface area contributed by atoms with Crippen LogP contribution in [0.3, 0.4) is 0 Å². The lowest BCUT2D eigenvalue weighted by Crippen LogP contribution is -2.54. The Labute approximate surface area is 176 Å². The molecule has 8 heteroatoms. The highest BCUT2D eigenvalue weighted by molar-refractivity contribution is 9.10. The van der Waals surface area contributed by atoms with Crippen LogP contribution in [0.1, 0.15) is 18.1 Å². The van der Waals surface area contributed by atoms with Crippen molar-refractivity contribution < 1.29 is 23.9 Å². The highest BCUT2D eigenvalue weighted by Crippen LogP contribution is 2.37. The number of hydrogen-bond donors (Lipinski definition) is 1. The van der Waals surface area contributed by atoms with Crippen LogP contribution in [0.15, 0.2) is 46.4 Å². The summed E-state index contributed by atoms with van der Waals surface area (Å²) in [6.07, 6.45) is 1.41. The van der Waals surface area contributed by atoms with Gasteiger partial charge in [-0.2, -0.15) is 0 Å². The van der Waals surface area contributed by atoms with E-state index in [1.807, 2.05) is 13.8 Å². The summed E-state index contributed by atoms with van der Waals surface area (Å²) in [4.78, 5) is 38.5. The summed E-state index contributed by atoms with van der Waals surface area (Å²) in [5, 5.41) is 2.21. The molecule has 1 aliphatic heterocycles. The second kappa shape index (κ2) is 8.48. The van der Waals surface area contributed by atoms with E-state index in [0.717, 1.165) is 10.5 Å². The second-order valence-corrected chi connectivity index (χ2v) is 7.11. The van der Waals surface area contributed by atoms with Gasteiger partial charge < -0.3 is 9.47 Å². The molecule has 0 unspecified atom stereocenters. The van der Waals surface area contributed by atoms with E-state index >= 15 is 0 Å². The van der Waals surface area contributed by atoms with Crippen LogP contribution in [0.5, 0.6) is 11.5 Å². The maximum Gasteiger partial charge on any atom is 0.335 e. The molecule has 1 N–H and O–H groups in total. The third-order valence-corrected chi connectivity index (χ3v) is 4.83. The lowest BCUT2D eigenvalue weighted by atomic mass is 10.1. The lowest BCUT2D eigenvalue weighted by Gasteiger charge is -2.26. The summed E-state index contributed by atoms with van der Waals surface area (Å²) < 4.78 is 11.5. The zero-order valence-electron chi connectivity index (χ0n) is 16.1. The Morgan fingerprint density at radius 3 is 2.45 bits per heavy atom. The molecule has 2 aromatic carbocycles. The van der Waals surface area contributed by atoms with Crippen molar-refractivity contribution in [2.24, 2.45) is 0 Å². The molecule has 0 bridgehead atoms. The first-order chi connectivity index (χ1) is 13.8. The predicted octanol–water partition coefficient (Wildman–Crippen LogP) is 3.83. The Morgan fingerprint density at radius 1 is 1.14 bits per heavy atom. The minimum atomic E-state index is -0.786. The molecule has 150 valence electrons. The summed E-state index contributed by atoms with van der Waals surface area (Å²) in [5.74, 6) is -0.491. The minimum Gasteiger partial charge on any atom is -0.493 e. The SMILES string of the molecule is CCOc1c(Br)cc(C=C2C(=O)NC(=O)N(c3ccc(C)cc3)C2=O)cc1OC. The number of nitrogens with zero attached hydrogens (tertiary/aromatic N) is 1. The van der Waals surface area contributed by atoms with Crippen molar-refractivity contribution >= 4 is 45.5 Å². The Hall–Kier alpha value is -3.13. The second-order valence-electron chi connectivity index (χ2n) is 6.26. The fourth-order valence-electron chi connectivity index (χ4n) is 2.86. The molecule has 3 rings (SSSR count). The number of rotatable bonds is 5. The van der Waals surface area contributed by atoms with E-state index in [1.54, 1.807) is 36.4 Å². The molecule has 0 aromatic heterocycles. The Balaban J connectivity index is 2.02. The molecule has 4 amide bonds. The molecule has 2 aromatic rings. The van der Waals surface area contributed by atoms with E-state index in [-0.39, 0.29) is 5.57 Å². The largest absolute Gasteiger partial charge is 0.493 e. The average Bonchev–Trinajstić information content (AvgIpc) is 2.68. The number of aryl methyl sites for hydroxylation is 1. The third-order valence-electron chi connectivity index (χ3n) is 4.25. The van der Waals surface area contributed by atoms with Gasteiger partial charge in [0.2, 0.25) is 0 Å². The standard InChI is InChI=1S/C21H19BrN2O5/c1-4-29-18-16(22)10-13(11-17(18)28-3)9-15-19(25)23-21(27)24(20(15)26)14-7-5-12(2)6-8-14/h5-11H,4H2,1-3H3,(H,23,25,27). The topological polar surface area (TPSA) is 84.9 Å². The third kappa shape index (κ3) is 4.17. The molecule has 1 heterocycles. The summed E-state index contributed by atoms with van der Waals surface area (Å²) in [6, 6.07) is 9.43. The van der Waals surface area contributed by atoms with E-state index in [0.29, 0.717) is 33.8 Å². The predicted molar refractivity (Wildman–Crippen MR) is 112 cm³/mol. The van der Waals surface area contributed by atoms with Gasteiger partial charge >= 0.3 is 6.03 Å². The van der Waals surface area contributed by atoms with E-state index in [1.165, 1.54) is 13.2 Å². The molecule has 0 aliphatic carbocycles. The quantitative estimate of drug-likeness (QED) is 0.543. The normalized spacial score (nSPS) is 15.5. The zero-order valence-corrected chi connectivity index (χ0v) is 17.7. The fraction of sp³-hybridized carbons (Fsp3) is 0.190. The van der Waals surface area contributed by atoms with Gasteiger partial charge in [-0.15, -0.1) is 0 Å². The Bertz CT molecular complexity index is 1010. The van der Waals surface area contributed by atoms with Crippen LogP contribution in [0.2, 0.25) is 0 Å². The molecular weight excluding hydrogens is 440 g/mol. The van der Waals surface area contributed by atoms with Gasteiger partial charge in [0.15, 0.2) is 11.5 Å². The van der Waals surface area contributed by atoms with Gasteiger partial charge in [-0.1, -0.05) is 17.7 Å². The van der Waals surface area contributed by atoms with Crippen molar-refractivity contribution in [3.63, 3.8) is 0 Å². The molecule has 0 saturated carbocycles. The van der Waals surface area contributed by atoms with Crippen molar-refractivity contribution in [3.8, 4) is 11.5 Å². The molecule has 1 saturated heterocycles. The van der Waals surface area contributed by atoms with Gasteiger partial charge in [-0.3, -0.25) is 14.9 Å². The van der Waals surface area contributed by atoms with Crippen molar-refractivity contribution in [2.45, 2.75) is 13.8 Å². The first-order valence-corrected chi connectivity index (χ1v) is 9.63. The number of carbonyl (C=O) groups excluding carboxylic acids is 3. The number of methoxy groups -OCH3 is 1. The van der Waals surface area contributed by atoms with E-state index in [4.69, 9.17) is 9.47 Å².